The van der Waals surface area contributed by atoms with E-state index in [0.29, 0.717) is 0 Å². The van der Waals surface area contributed by atoms with E-state index < -0.39 is 0 Å². The van der Waals surface area contributed by atoms with Gasteiger partial charge in [-0.2, -0.15) is 0 Å². The van der Waals surface area contributed by atoms with Crippen molar-refractivity contribution in [2.45, 2.75) is 0 Å². The number of hydrogen-bond acceptors (Lipinski definition) is 2. The van der Waals surface area contributed by atoms with Crippen molar-refractivity contribution < 1.29 is 5.26 Å². The molecule has 0 aliphatic rings. The summed E-state index contributed by atoms with van der Waals surface area (Å²) in [6, 6.07) is 0. The molecule has 0 atom stereocenters. The molecule has 3 radical (unpaired) electrons. The summed E-state index contributed by atoms with van der Waals surface area (Å²) in [6.07, 6.45) is 0. The van der Waals surface area contributed by atoms with Crippen molar-refractivity contribution in [3.05, 3.63) is 9.71 Å². The lowest BCUT2D eigenvalue weighted by atomic mass is 14.8. The van der Waals surface area contributed by atoms with E-state index in [9.17, 15) is 0 Å². The zero-order chi connectivity index (χ0) is 2.71. The van der Waals surface area contributed by atoms with Crippen LogP contribution in [0.1, 0.15) is 0 Å². The highest BCUT2D eigenvalue weighted by molar-refractivity contribution is 6.92. The van der Waals surface area contributed by atoms with Crippen molar-refractivity contribution in [1.29, 1.82) is 0 Å². The van der Waals surface area contributed by atoms with Gasteiger partial charge in [-0.3, -0.25) is 0 Å². The Hall–Kier alpha value is -0.170. The van der Waals surface area contributed by atoms with E-state index in [1.807, 2.05) is 0 Å². The molecule has 4 heavy (non-hydrogen) atoms. The van der Waals surface area contributed by atoms with E-state index in [4.69, 9.17) is 10.2 Å². The van der Waals surface area contributed by atoms with Gasteiger partial charge in [-0.05, 0) is 0 Å². The van der Waals surface area contributed by atoms with Gasteiger partial charge in [-0.1, -0.05) is 10.2 Å². The Balaban J connectivity index is 0. The minimum Gasteiger partial charge on any atom is -0.0772 e. The largest absolute Gasteiger partial charge is 0.154 e. The zero-order valence-electron chi connectivity index (χ0n) is 1.67. The Morgan fingerprint density at radius 3 is 1.75 bits per heavy atom. The van der Waals surface area contributed by atoms with Crippen LogP contribution in [0.3, 0.4) is 0 Å². The topological polar surface area (TPSA) is 51.4 Å². The predicted octanol–water partition coefficient (Wildman–Crippen LogP) is -0.261. The first-order chi connectivity index (χ1) is 1.41. The van der Waals surface area contributed by atoms with Crippen molar-refractivity contribution in [2.24, 2.45) is 0 Å². The molecule has 3 nitrogen and oxygen atoms in total. The molecule has 0 aromatic carbocycles. The van der Waals surface area contributed by atoms with Crippen LogP contribution in [0.25, 0.3) is 0 Å². The molecule has 0 N–H and O–H groups in total. The van der Waals surface area contributed by atoms with Crippen molar-refractivity contribution in [2.75, 3.05) is 0 Å². The second-order valence-electron chi connectivity index (χ2n) is 0.0680. The van der Waals surface area contributed by atoms with Crippen LogP contribution < -0.4 is 5.26 Å². The first kappa shape index (κ1) is 9.16. The summed E-state index contributed by atoms with van der Waals surface area (Å²) in [5.74, 6) is 0. The Kier molecular flexibility index (Phi) is 31.5. The Morgan fingerprint density at radius 1 is 1.75 bits per heavy atom. The smallest absolute Gasteiger partial charge is 0.0772 e. The standard InChI is InChI=1S/O3.P/c1-3-2;. The van der Waals surface area contributed by atoms with Gasteiger partial charge in [-0.25, -0.2) is 0 Å². The molecule has 0 spiro atoms. The van der Waals surface area contributed by atoms with Gasteiger partial charge >= 0.3 is 0 Å². The van der Waals surface area contributed by atoms with Crippen molar-refractivity contribution in [3.63, 3.8) is 0 Å². The fourth-order valence-electron chi connectivity index (χ4n) is 0. The molecule has 0 rings (SSSR count). The van der Waals surface area contributed by atoms with Crippen molar-refractivity contribution in [1.82, 2.24) is 0 Å². The highest BCUT2D eigenvalue weighted by Crippen LogP contribution is 1.00. The second-order valence-corrected chi connectivity index (χ2v) is 0.0680. The summed E-state index contributed by atoms with van der Waals surface area (Å²) in [5, 5.41) is 7.88. The third kappa shape index (κ3) is 43.6. The van der Waals surface area contributed by atoms with Crippen molar-refractivity contribution >= 4 is 9.90 Å². The Morgan fingerprint density at radius 2 is 1.75 bits per heavy atom. The quantitative estimate of drug-likeness (QED) is 0.174. The summed E-state index contributed by atoms with van der Waals surface area (Å²) < 4.78 is 1.75. The summed E-state index contributed by atoms with van der Waals surface area (Å²) in [5.41, 5.74) is 0. The van der Waals surface area contributed by atoms with E-state index in [0.717, 1.165) is 0 Å². The van der Waals surface area contributed by atoms with Crippen LogP contribution in [0.2, 0.25) is 0 Å². The molecule has 0 saturated heterocycles. The highest BCUT2D eigenvalue weighted by atomic mass is 31.0. The molecule has 0 aromatic rings. The van der Waals surface area contributed by atoms with Crippen LogP contribution in [0.5, 0.6) is 0 Å². The minimum absolute atomic E-state index is 0. The summed E-state index contributed by atoms with van der Waals surface area (Å²) >= 11 is 0. The van der Waals surface area contributed by atoms with Gasteiger partial charge in [-0.15, -0.1) is 0 Å². The van der Waals surface area contributed by atoms with Crippen LogP contribution in [0.4, 0.5) is 0 Å². The molecule has 0 fully saturated rings. The molecule has 0 amide bonds. The van der Waals surface area contributed by atoms with Gasteiger partial charge in [0.25, 0.3) is 0 Å². The van der Waals surface area contributed by atoms with Gasteiger partial charge in [0.2, 0.25) is 0 Å². The lowest BCUT2D eigenvalue weighted by Gasteiger charge is -1.19. The maximum Gasteiger partial charge on any atom is 0.154 e. The molecule has 23 valence electrons. The normalized spacial score (nSPS) is 3.00. The molecule has 4 heteroatoms. The monoisotopic (exact) mass is 79.0 g/mol. The van der Waals surface area contributed by atoms with Crippen LogP contribution >= 0.6 is 9.90 Å². The summed E-state index contributed by atoms with van der Waals surface area (Å²) in [6.45, 7) is 0. The van der Waals surface area contributed by atoms with E-state index in [2.05, 4.69) is 0 Å². The molecule has 0 aliphatic heterocycles. The van der Waals surface area contributed by atoms with Gasteiger partial charge in [0.1, 0.15) is 0 Å². The third-order valence-corrected chi connectivity index (χ3v) is 0. The molecule has 0 aliphatic carbocycles. The molecular formula is O3P. The summed E-state index contributed by atoms with van der Waals surface area (Å²) in [7, 11) is 0. The number of hydrogen-bond donors (Lipinski definition) is 0. The zero-order valence-corrected chi connectivity index (χ0v) is 2.57. The van der Waals surface area contributed by atoms with Crippen molar-refractivity contribution in [3.8, 4) is 0 Å². The van der Waals surface area contributed by atoms with E-state index in [1.165, 1.54) is 0 Å². The van der Waals surface area contributed by atoms with Gasteiger partial charge in [0.15, 0.2) is 4.75 Å². The Bertz CT molecular complexity index is 10.8. The minimum atomic E-state index is 0. The average Bonchev–Trinajstić information content (AvgIpc) is 0.918. The van der Waals surface area contributed by atoms with Gasteiger partial charge in [0.05, 0.1) is 0 Å². The first-order valence-electron chi connectivity index (χ1n) is 0.333. The fraction of sp³-hybridized carbons (Fsp3) is 0. The van der Waals surface area contributed by atoms with Crippen LogP contribution in [-0.2, 0) is 0 Å². The molecule has 0 bridgehead atoms. The predicted molar refractivity (Wildman–Crippen MR) is 13.7 cm³/mol. The summed E-state index contributed by atoms with van der Waals surface area (Å²) in [4.78, 5) is 7.88. The van der Waals surface area contributed by atoms with E-state index >= 15 is 0 Å². The molecular weight excluding hydrogens is 79.0 g/mol. The first-order valence-corrected chi connectivity index (χ1v) is 0.333. The van der Waals surface area contributed by atoms with E-state index in [-0.39, 0.29) is 9.90 Å². The van der Waals surface area contributed by atoms with Gasteiger partial charge in [0, 0.05) is 9.90 Å². The van der Waals surface area contributed by atoms with E-state index in [1.54, 1.807) is 4.75 Å². The van der Waals surface area contributed by atoms with Crippen LogP contribution in [0.15, 0.2) is 0 Å². The molecule has 0 saturated carbocycles. The fourth-order valence-corrected chi connectivity index (χ4v) is 0. The molecule has 0 heterocycles. The molecule has 0 unspecified atom stereocenters. The van der Waals surface area contributed by atoms with Gasteiger partial charge < -0.3 is 0 Å². The SMILES string of the molecule is O=[O+][O-].[P]. The maximum absolute atomic E-state index is 7.88. The van der Waals surface area contributed by atoms with Crippen LogP contribution in [0, 0.1) is 9.71 Å². The second kappa shape index (κ2) is 13.8. The Labute approximate surface area is 26.1 Å². The lowest BCUT2D eigenvalue weighted by Crippen LogP contribution is -1.82. The van der Waals surface area contributed by atoms with Crippen LogP contribution in [-0.4, -0.2) is 0 Å². The molecule has 0 aromatic heterocycles. The highest BCUT2D eigenvalue weighted by Gasteiger charge is 1.27. The average molecular weight is 79.0 g/mol. The third-order valence-electron chi connectivity index (χ3n) is 0. The maximum atomic E-state index is 7.88. The number of rotatable bonds is 0. The lowest BCUT2D eigenvalue weighted by molar-refractivity contribution is -0.284.